The standard InChI is InChI=1S/C25H35Cl2N5O4Si/c1-17(33)36-19-9-11-31(12-10-19)20-8-7-18(15-28-20)32(13-14-35-37(5,6)25(2,3)4)24(34)21-22(26)29-16-30-23(21)27/h7-8,15-16,19H,9-14H2,1-6H3. The molecule has 1 saturated heterocycles. The molecule has 1 amide bonds. The summed E-state index contributed by atoms with van der Waals surface area (Å²) in [4.78, 5) is 41.0. The smallest absolute Gasteiger partial charge is 0.302 e. The summed E-state index contributed by atoms with van der Waals surface area (Å²) in [5.41, 5.74) is 0.619. The van der Waals surface area contributed by atoms with E-state index in [9.17, 15) is 9.59 Å². The molecule has 9 nitrogen and oxygen atoms in total. The minimum Gasteiger partial charge on any atom is -0.462 e. The monoisotopic (exact) mass is 567 g/mol. The van der Waals surface area contributed by atoms with Crippen molar-refractivity contribution < 1.29 is 18.8 Å². The van der Waals surface area contributed by atoms with Crippen LogP contribution < -0.4 is 9.80 Å². The van der Waals surface area contributed by atoms with E-state index >= 15 is 0 Å². The minimum absolute atomic E-state index is 0.0134. The molecule has 0 N–H and O–H groups in total. The quantitative estimate of drug-likeness (QED) is 0.238. The number of ether oxygens (including phenoxy) is 1. The number of esters is 1. The average Bonchev–Trinajstić information content (AvgIpc) is 2.81. The lowest BCUT2D eigenvalue weighted by molar-refractivity contribution is -0.147. The van der Waals surface area contributed by atoms with E-state index in [-0.39, 0.29) is 39.5 Å². The molecule has 0 aromatic carbocycles. The first-order valence-corrected chi connectivity index (χ1v) is 16.0. The lowest BCUT2D eigenvalue weighted by Crippen LogP contribution is -2.43. The van der Waals surface area contributed by atoms with Gasteiger partial charge in [-0.05, 0) is 30.3 Å². The maximum atomic E-state index is 13.6. The molecule has 37 heavy (non-hydrogen) atoms. The number of piperidine rings is 1. The lowest BCUT2D eigenvalue weighted by atomic mass is 10.1. The summed E-state index contributed by atoms with van der Waals surface area (Å²) in [6.07, 6.45) is 4.29. The van der Waals surface area contributed by atoms with Gasteiger partial charge in [-0.25, -0.2) is 15.0 Å². The fraction of sp³-hybridized carbons (Fsp3) is 0.560. The zero-order chi connectivity index (χ0) is 27.4. The third kappa shape index (κ3) is 7.40. The molecule has 1 aliphatic heterocycles. The highest BCUT2D eigenvalue weighted by Gasteiger charge is 2.37. The van der Waals surface area contributed by atoms with Crippen molar-refractivity contribution in [2.24, 2.45) is 0 Å². The molecule has 0 radical (unpaired) electrons. The van der Waals surface area contributed by atoms with E-state index in [4.69, 9.17) is 32.4 Å². The number of anilines is 2. The summed E-state index contributed by atoms with van der Waals surface area (Å²) in [5, 5.41) is 0.00878. The first kappa shape index (κ1) is 29.3. The van der Waals surface area contributed by atoms with Gasteiger partial charge in [0.2, 0.25) is 0 Å². The Labute approximate surface area is 229 Å². The van der Waals surface area contributed by atoms with Crippen LogP contribution >= 0.6 is 23.2 Å². The zero-order valence-corrected chi connectivity index (χ0v) is 24.8. The average molecular weight is 569 g/mol. The van der Waals surface area contributed by atoms with E-state index in [1.165, 1.54) is 13.3 Å². The van der Waals surface area contributed by atoms with Crippen molar-refractivity contribution in [2.75, 3.05) is 36.0 Å². The number of hydrogen-bond donors (Lipinski definition) is 0. The van der Waals surface area contributed by atoms with Gasteiger partial charge in [-0.15, -0.1) is 0 Å². The maximum Gasteiger partial charge on any atom is 0.302 e. The van der Waals surface area contributed by atoms with Crippen molar-refractivity contribution in [3.05, 3.63) is 40.5 Å². The Kier molecular flexibility index (Phi) is 9.55. The number of halogens is 2. The summed E-state index contributed by atoms with van der Waals surface area (Å²) < 4.78 is 11.7. The molecule has 1 fully saturated rings. The van der Waals surface area contributed by atoms with Gasteiger partial charge in [0.05, 0.1) is 18.5 Å². The van der Waals surface area contributed by atoms with Crippen LogP contribution in [0, 0.1) is 0 Å². The Hall–Kier alpha value is -2.27. The van der Waals surface area contributed by atoms with Crippen LogP contribution in [0.3, 0.4) is 0 Å². The number of aromatic nitrogens is 3. The summed E-state index contributed by atoms with van der Waals surface area (Å²) in [5.74, 6) is 0.104. The zero-order valence-electron chi connectivity index (χ0n) is 22.3. The molecule has 0 saturated carbocycles. The molecule has 0 unspecified atom stereocenters. The second kappa shape index (κ2) is 12.1. The predicted octanol–water partition coefficient (Wildman–Crippen LogP) is 5.38. The highest BCUT2D eigenvalue weighted by molar-refractivity contribution is 6.74. The van der Waals surface area contributed by atoms with Crippen molar-refractivity contribution in [3.8, 4) is 0 Å². The van der Waals surface area contributed by atoms with Crippen molar-refractivity contribution in [1.29, 1.82) is 0 Å². The number of hydrogen-bond acceptors (Lipinski definition) is 8. The van der Waals surface area contributed by atoms with Gasteiger partial charge in [0.25, 0.3) is 5.91 Å². The van der Waals surface area contributed by atoms with Crippen molar-refractivity contribution >= 4 is 54.9 Å². The topological polar surface area (TPSA) is 97.8 Å². The van der Waals surface area contributed by atoms with Gasteiger partial charge in [0.15, 0.2) is 8.32 Å². The predicted molar refractivity (Wildman–Crippen MR) is 148 cm³/mol. The van der Waals surface area contributed by atoms with E-state index in [2.05, 4.69) is 53.7 Å². The third-order valence-electron chi connectivity index (χ3n) is 6.94. The summed E-state index contributed by atoms with van der Waals surface area (Å²) in [6, 6.07) is 3.72. The Bertz CT molecular complexity index is 1080. The largest absolute Gasteiger partial charge is 0.462 e. The number of rotatable bonds is 8. The van der Waals surface area contributed by atoms with Gasteiger partial charge in [-0.1, -0.05) is 44.0 Å². The Balaban J connectivity index is 1.80. The summed E-state index contributed by atoms with van der Waals surface area (Å²) in [6.45, 7) is 14.3. The number of carbonyl (C=O) groups excluding carboxylic acids is 2. The molecule has 0 spiro atoms. The van der Waals surface area contributed by atoms with E-state index in [0.717, 1.165) is 31.7 Å². The van der Waals surface area contributed by atoms with Crippen LogP contribution in [0.5, 0.6) is 0 Å². The molecular formula is C25H35Cl2N5O4Si. The molecule has 0 atom stereocenters. The normalized spacial score (nSPS) is 15.0. The van der Waals surface area contributed by atoms with Gasteiger partial charge in [0, 0.05) is 39.4 Å². The third-order valence-corrected chi connectivity index (χ3v) is 12.1. The molecular weight excluding hydrogens is 533 g/mol. The van der Waals surface area contributed by atoms with Gasteiger partial charge in [0.1, 0.15) is 34.1 Å². The van der Waals surface area contributed by atoms with E-state index in [0.29, 0.717) is 12.3 Å². The Morgan fingerprint density at radius 2 is 1.73 bits per heavy atom. The fourth-order valence-corrected chi connectivity index (χ4v) is 5.29. The van der Waals surface area contributed by atoms with Crippen LogP contribution in [0.15, 0.2) is 24.7 Å². The highest BCUT2D eigenvalue weighted by Crippen LogP contribution is 2.36. The Morgan fingerprint density at radius 1 is 1.11 bits per heavy atom. The van der Waals surface area contributed by atoms with E-state index in [1.807, 2.05) is 12.1 Å². The molecule has 2 aromatic rings. The van der Waals surface area contributed by atoms with Crippen LogP contribution in [0.25, 0.3) is 0 Å². The SMILES string of the molecule is CC(=O)OC1CCN(c2ccc(N(CCO[Si](C)(C)C(C)(C)C)C(=O)c3c(Cl)ncnc3Cl)cn2)CC1. The molecule has 0 aliphatic carbocycles. The Morgan fingerprint density at radius 3 is 2.24 bits per heavy atom. The van der Waals surface area contributed by atoms with Crippen molar-refractivity contribution in [3.63, 3.8) is 0 Å². The summed E-state index contributed by atoms with van der Waals surface area (Å²) in [7, 11) is -2.02. The fourth-order valence-electron chi connectivity index (χ4n) is 3.77. The van der Waals surface area contributed by atoms with Crippen LogP contribution in [0.2, 0.25) is 28.4 Å². The van der Waals surface area contributed by atoms with Gasteiger partial charge in [-0.2, -0.15) is 0 Å². The first-order valence-electron chi connectivity index (χ1n) is 12.3. The van der Waals surface area contributed by atoms with Crippen LogP contribution in [0.4, 0.5) is 11.5 Å². The van der Waals surface area contributed by atoms with Gasteiger partial charge in [-0.3, -0.25) is 9.59 Å². The number of nitrogens with zero attached hydrogens (tertiary/aromatic N) is 5. The second-order valence-corrected chi connectivity index (χ2v) is 16.1. The van der Waals surface area contributed by atoms with E-state index in [1.54, 1.807) is 11.1 Å². The molecule has 2 aromatic heterocycles. The lowest BCUT2D eigenvalue weighted by Gasteiger charge is -2.37. The van der Waals surface area contributed by atoms with Crippen molar-refractivity contribution in [1.82, 2.24) is 15.0 Å². The van der Waals surface area contributed by atoms with Crippen LogP contribution in [-0.4, -0.2) is 67.5 Å². The maximum absolute atomic E-state index is 13.6. The number of amides is 1. The van der Waals surface area contributed by atoms with Crippen LogP contribution in [0.1, 0.15) is 50.9 Å². The van der Waals surface area contributed by atoms with Crippen LogP contribution in [-0.2, 0) is 14.0 Å². The van der Waals surface area contributed by atoms with Gasteiger partial charge >= 0.3 is 5.97 Å². The molecule has 3 heterocycles. The number of carbonyl (C=O) groups is 2. The minimum atomic E-state index is -2.02. The van der Waals surface area contributed by atoms with Crippen molar-refractivity contribution in [2.45, 2.75) is 64.8 Å². The molecule has 1 aliphatic rings. The molecule has 12 heteroatoms. The highest BCUT2D eigenvalue weighted by atomic mass is 35.5. The molecule has 202 valence electrons. The van der Waals surface area contributed by atoms with E-state index < -0.39 is 14.2 Å². The number of pyridine rings is 1. The van der Waals surface area contributed by atoms with Gasteiger partial charge < -0.3 is 19.0 Å². The molecule has 3 rings (SSSR count). The first-order chi connectivity index (χ1) is 17.3. The second-order valence-electron chi connectivity index (χ2n) is 10.6. The summed E-state index contributed by atoms with van der Waals surface area (Å²) >= 11 is 12.5. The molecule has 0 bridgehead atoms.